The number of benzene rings is 2. The maximum atomic E-state index is 12.2. The summed E-state index contributed by atoms with van der Waals surface area (Å²) in [7, 11) is -3.62. The fourth-order valence-corrected chi connectivity index (χ4v) is 3.76. The number of carbonyl (C=O) groups is 1. The number of aryl methyl sites for hydroxylation is 1. The molecule has 2 aromatic rings. The minimum atomic E-state index is -3.62. The number of aliphatic imine (C=N–C) groups is 1. The van der Waals surface area contributed by atoms with Crippen molar-refractivity contribution in [2.45, 2.75) is 31.4 Å². The molecule has 2 aromatic carbocycles. The number of nitrogens with zero attached hydrogens (tertiary/aromatic N) is 1. The van der Waals surface area contributed by atoms with Crippen molar-refractivity contribution in [2.75, 3.05) is 0 Å². The van der Waals surface area contributed by atoms with E-state index < -0.39 is 22.0 Å². The zero-order valence-electron chi connectivity index (χ0n) is 13.9. The Morgan fingerprint density at radius 3 is 2.60 bits per heavy atom. The molecule has 3 rings (SSSR count). The summed E-state index contributed by atoms with van der Waals surface area (Å²) in [4.78, 5) is 16.5. The smallest absolute Gasteiger partial charge is 0.330 e. The van der Waals surface area contributed by atoms with E-state index in [1.807, 2.05) is 31.2 Å². The number of nitrogens with one attached hydrogen (secondary N) is 1. The van der Waals surface area contributed by atoms with Crippen LogP contribution >= 0.6 is 0 Å². The van der Waals surface area contributed by atoms with Gasteiger partial charge in [-0.15, -0.1) is 0 Å². The first-order chi connectivity index (χ1) is 11.9. The zero-order chi connectivity index (χ0) is 18.0. The van der Waals surface area contributed by atoms with Gasteiger partial charge >= 0.3 is 5.97 Å². The first-order valence-electron chi connectivity index (χ1n) is 7.79. The minimum absolute atomic E-state index is 0.156. The molecule has 130 valence electrons. The normalized spacial score (nSPS) is 17.6. The van der Waals surface area contributed by atoms with Gasteiger partial charge in [-0.25, -0.2) is 13.2 Å². The molecule has 0 spiro atoms. The summed E-state index contributed by atoms with van der Waals surface area (Å²) in [5.74, 6) is -0.352. The molecule has 0 fully saturated rings. The molecule has 0 amide bonds. The van der Waals surface area contributed by atoms with Crippen molar-refractivity contribution in [3.63, 3.8) is 0 Å². The second kappa shape index (κ2) is 6.68. The number of amidine groups is 1. The molecule has 1 heterocycles. The highest BCUT2D eigenvalue weighted by atomic mass is 32.2. The molecule has 1 aliphatic rings. The van der Waals surface area contributed by atoms with Crippen molar-refractivity contribution in [1.29, 1.82) is 0 Å². The summed E-state index contributed by atoms with van der Waals surface area (Å²) in [6, 6.07) is 13.3. The van der Waals surface area contributed by atoms with E-state index in [9.17, 15) is 13.2 Å². The van der Waals surface area contributed by atoms with E-state index in [4.69, 9.17) is 4.74 Å². The standard InChI is InChI=1S/C18H18N2O4S/c1-12-7-3-4-8-14(12)11-24-18(21)13(2)19-17-15-9-5-6-10-16(15)25(22,23)20-17/h3-10,13H,11H2,1-2H3,(H,19,20)/t13-/m0/s1. The van der Waals surface area contributed by atoms with Crippen LogP contribution in [0.3, 0.4) is 0 Å². The molecule has 7 heteroatoms. The van der Waals surface area contributed by atoms with Gasteiger partial charge < -0.3 is 4.74 Å². The van der Waals surface area contributed by atoms with Crippen molar-refractivity contribution in [3.05, 3.63) is 65.2 Å². The Kier molecular flexibility index (Phi) is 4.59. The van der Waals surface area contributed by atoms with Crippen LogP contribution in [0.4, 0.5) is 0 Å². The molecule has 25 heavy (non-hydrogen) atoms. The van der Waals surface area contributed by atoms with E-state index in [0.29, 0.717) is 5.56 Å². The molecule has 1 aliphatic heterocycles. The molecule has 1 atom stereocenters. The maximum Gasteiger partial charge on any atom is 0.330 e. The Bertz CT molecular complexity index is 951. The van der Waals surface area contributed by atoms with Crippen molar-refractivity contribution in [2.24, 2.45) is 4.99 Å². The number of hydrogen-bond acceptors (Lipinski definition) is 5. The fraction of sp³-hybridized carbons (Fsp3) is 0.222. The van der Waals surface area contributed by atoms with Crippen LogP contribution in [0.15, 0.2) is 58.4 Å². The van der Waals surface area contributed by atoms with Crippen LogP contribution in [0.25, 0.3) is 0 Å². The van der Waals surface area contributed by atoms with E-state index in [-0.39, 0.29) is 17.3 Å². The quantitative estimate of drug-likeness (QED) is 0.849. The van der Waals surface area contributed by atoms with Gasteiger partial charge in [0.15, 0.2) is 0 Å². The Hall–Kier alpha value is -2.67. The lowest BCUT2D eigenvalue weighted by molar-refractivity contribution is -0.146. The van der Waals surface area contributed by atoms with E-state index in [2.05, 4.69) is 9.71 Å². The molecule has 0 saturated carbocycles. The predicted molar refractivity (Wildman–Crippen MR) is 93.7 cm³/mol. The van der Waals surface area contributed by atoms with Crippen molar-refractivity contribution in [3.8, 4) is 0 Å². The molecular weight excluding hydrogens is 340 g/mol. The number of ether oxygens (including phenoxy) is 1. The van der Waals surface area contributed by atoms with Gasteiger partial charge in [0.05, 0.1) is 4.90 Å². The Morgan fingerprint density at radius 2 is 1.84 bits per heavy atom. The lowest BCUT2D eigenvalue weighted by Gasteiger charge is -2.10. The molecule has 0 radical (unpaired) electrons. The van der Waals surface area contributed by atoms with E-state index in [1.54, 1.807) is 25.1 Å². The number of carbonyl (C=O) groups excluding carboxylic acids is 1. The third-order valence-electron chi connectivity index (χ3n) is 3.96. The first-order valence-corrected chi connectivity index (χ1v) is 9.28. The van der Waals surface area contributed by atoms with Crippen molar-refractivity contribution < 1.29 is 17.9 Å². The average molecular weight is 358 g/mol. The fourth-order valence-electron chi connectivity index (χ4n) is 2.52. The summed E-state index contributed by atoms with van der Waals surface area (Å²) >= 11 is 0. The average Bonchev–Trinajstić information content (AvgIpc) is 2.85. The number of sulfonamides is 1. The van der Waals surface area contributed by atoms with Gasteiger partial charge in [0, 0.05) is 5.56 Å². The molecule has 6 nitrogen and oxygen atoms in total. The van der Waals surface area contributed by atoms with Gasteiger partial charge in [-0.3, -0.25) is 9.71 Å². The van der Waals surface area contributed by atoms with Crippen molar-refractivity contribution in [1.82, 2.24) is 4.72 Å². The molecule has 1 N–H and O–H groups in total. The van der Waals surface area contributed by atoms with Gasteiger partial charge in [0.2, 0.25) is 0 Å². The largest absolute Gasteiger partial charge is 0.459 e. The summed E-state index contributed by atoms with van der Waals surface area (Å²) < 4.78 is 31.8. The Morgan fingerprint density at radius 1 is 1.16 bits per heavy atom. The van der Waals surface area contributed by atoms with Crippen LogP contribution in [0, 0.1) is 6.92 Å². The number of fused-ring (bicyclic) bond motifs is 1. The molecule has 0 aliphatic carbocycles. The Labute approximate surface area is 146 Å². The lowest BCUT2D eigenvalue weighted by atomic mass is 10.1. The zero-order valence-corrected chi connectivity index (χ0v) is 14.7. The van der Waals surface area contributed by atoms with Gasteiger partial charge in [-0.1, -0.05) is 36.4 Å². The minimum Gasteiger partial charge on any atom is -0.459 e. The summed E-state index contributed by atoms with van der Waals surface area (Å²) in [5, 5.41) is 0. The van der Waals surface area contributed by atoms with Crippen LogP contribution < -0.4 is 4.72 Å². The summed E-state index contributed by atoms with van der Waals surface area (Å²) in [6.45, 7) is 3.67. The van der Waals surface area contributed by atoms with Gasteiger partial charge in [-0.2, -0.15) is 0 Å². The van der Waals surface area contributed by atoms with Gasteiger partial charge in [-0.05, 0) is 37.1 Å². The van der Waals surface area contributed by atoms with Gasteiger partial charge in [0.1, 0.15) is 18.5 Å². The van der Waals surface area contributed by atoms with Crippen LogP contribution in [0.5, 0.6) is 0 Å². The second-order valence-electron chi connectivity index (χ2n) is 5.79. The monoisotopic (exact) mass is 358 g/mol. The van der Waals surface area contributed by atoms with E-state index in [0.717, 1.165) is 11.1 Å². The number of esters is 1. The molecule has 0 saturated heterocycles. The van der Waals surface area contributed by atoms with Crippen molar-refractivity contribution >= 4 is 21.8 Å². The Balaban J connectivity index is 1.74. The third-order valence-corrected chi connectivity index (χ3v) is 5.35. The highest BCUT2D eigenvalue weighted by Crippen LogP contribution is 2.22. The third kappa shape index (κ3) is 3.56. The van der Waals surface area contributed by atoms with Gasteiger partial charge in [0.25, 0.3) is 10.0 Å². The molecule has 0 bridgehead atoms. The lowest BCUT2D eigenvalue weighted by Crippen LogP contribution is -2.26. The highest BCUT2D eigenvalue weighted by Gasteiger charge is 2.31. The molecular formula is C18H18N2O4S. The second-order valence-corrected chi connectivity index (χ2v) is 7.44. The van der Waals surface area contributed by atoms with Crippen LogP contribution in [0.2, 0.25) is 0 Å². The van der Waals surface area contributed by atoms with Crippen LogP contribution in [-0.4, -0.2) is 26.3 Å². The highest BCUT2D eigenvalue weighted by molar-refractivity contribution is 7.90. The summed E-state index contributed by atoms with van der Waals surface area (Å²) in [6.07, 6.45) is 0. The molecule has 0 unspecified atom stereocenters. The van der Waals surface area contributed by atoms with E-state index in [1.165, 1.54) is 6.07 Å². The van der Waals surface area contributed by atoms with E-state index >= 15 is 0 Å². The first kappa shape index (κ1) is 17.2. The summed E-state index contributed by atoms with van der Waals surface area (Å²) in [5.41, 5.74) is 2.41. The molecule has 0 aromatic heterocycles. The number of rotatable bonds is 4. The predicted octanol–water partition coefficient (Wildman–Crippen LogP) is 2.17. The van der Waals surface area contributed by atoms with Crippen LogP contribution in [0.1, 0.15) is 23.6 Å². The maximum absolute atomic E-state index is 12.2. The topological polar surface area (TPSA) is 84.8 Å². The number of hydrogen-bond donors (Lipinski definition) is 1. The SMILES string of the molecule is Cc1ccccc1COC(=O)[C@H](C)N=C1NS(=O)(=O)c2ccccc21. The van der Waals surface area contributed by atoms with Crippen LogP contribution in [-0.2, 0) is 26.2 Å².